The molecule has 2 saturated heterocycles. The van der Waals surface area contributed by atoms with E-state index in [1.165, 1.54) is 5.56 Å². The van der Waals surface area contributed by atoms with Crippen LogP contribution in [-0.4, -0.2) is 46.7 Å². The summed E-state index contributed by atoms with van der Waals surface area (Å²) in [4.78, 5) is 7.05. The van der Waals surface area contributed by atoms with Crippen LogP contribution in [0.15, 0.2) is 42.5 Å². The molecule has 0 unspecified atom stereocenters. The molecule has 26 heavy (non-hydrogen) atoms. The van der Waals surface area contributed by atoms with E-state index < -0.39 is 0 Å². The Morgan fingerprint density at radius 2 is 2.00 bits per heavy atom. The molecule has 0 aliphatic carbocycles. The fourth-order valence-electron chi connectivity index (χ4n) is 3.88. The quantitative estimate of drug-likeness (QED) is 0.775. The lowest BCUT2D eigenvalue weighted by Crippen LogP contribution is -2.58. The Balaban J connectivity index is 1.23. The first-order valence-corrected chi connectivity index (χ1v) is 10.2. The number of rotatable bonds is 6. The van der Waals surface area contributed by atoms with Gasteiger partial charge in [0.2, 0.25) is 0 Å². The van der Waals surface area contributed by atoms with Gasteiger partial charge in [0.15, 0.2) is 0 Å². The number of pyridine rings is 1. The Morgan fingerprint density at radius 3 is 2.73 bits per heavy atom. The van der Waals surface area contributed by atoms with Gasteiger partial charge in [-0.1, -0.05) is 18.2 Å². The molecule has 3 heterocycles. The Bertz CT molecular complexity index is 744. The summed E-state index contributed by atoms with van der Waals surface area (Å²) in [5.74, 6) is 2.02. The zero-order valence-corrected chi connectivity index (χ0v) is 16.3. The first kappa shape index (κ1) is 17.8. The van der Waals surface area contributed by atoms with Crippen LogP contribution < -0.4 is 4.74 Å². The normalized spacial score (nSPS) is 21.7. The molecule has 1 aromatic heterocycles. The summed E-state index contributed by atoms with van der Waals surface area (Å²) < 4.78 is 11.8. The summed E-state index contributed by atoms with van der Waals surface area (Å²) in [6.45, 7) is 5.98. The number of likely N-dealkylation sites (tertiary alicyclic amines) is 1. The van der Waals surface area contributed by atoms with E-state index in [2.05, 4.69) is 39.8 Å². The summed E-state index contributed by atoms with van der Waals surface area (Å²) >= 11 is 2.09. The van der Waals surface area contributed by atoms with E-state index in [0.29, 0.717) is 17.5 Å². The van der Waals surface area contributed by atoms with Gasteiger partial charge in [-0.25, -0.2) is 0 Å². The summed E-state index contributed by atoms with van der Waals surface area (Å²) in [6.07, 6.45) is 1.51. The molecule has 2 fully saturated rings. The van der Waals surface area contributed by atoms with Crippen LogP contribution in [0.5, 0.6) is 5.75 Å². The van der Waals surface area contributed by atoms with Crippen molar-refractivity contribution in [3.63, 3.8) is 0 Å². The van der Waals surface area contributed by atoms with Gasteiger partial charge in [-0.3, -0.25) is 9.88 Å². The Morgan fingerprint density at radius 1 is 1.19 bits per heavy atom. The molecule has 0 bridgehead atoms. The van der Waals surface area contributed by atoms with Gasteiger partial charge >= 0.3 is 0 Å². The highest BCUT2D eigenvalue weighted by Crippen LogP contribution is 2.46. The molecular formula is C21H26N2O2S. The minimum atomic E-state index is 0.352. The van der Waals surface area contributed by atoms with E-state index in [9.17, 15) is 0 Å². The lowest BCUT2D eigenvalue weighted by molar-refractivity contribution is 0.0250. The van der Waals surface area contributed by atoms with Crippen LogP contribution in [0.2, 0.25) is 0 Å². The van der Waals surface area contributed by atoms with Gasteiger partial charge in [0, 0.05) is 35.8 Å². The van der Waals surface area contributed by atoms with Gasteiger partial charge in [-0.05, 0) is 43.2 Å². The topological polar surface area (TPSA) is 34.6 Å². The fraction of sp³-hybridized carbons (Fsp3) is 0.476. The summed E-state index contributed by atoms with van der Waals surface area (Å²) in [5.41, 5.74) is 3.43. The van der Waals surface area contributed by atoms with Crippen LogP contribution >= 0.6 is 11.8 Å². The molecule has 2 aliphatic rings. The molecule has 4 rings (SSSR count). The third-order valence-corrected chi connectivity index (χ3v) is 6.75. The number of methoxy groups -OCH3 is 1. The Labute approximate surface area is 159 Å². The molecule has 1 spiro atoms. The highest BCUT2D eigenvalue weighted by molar-refractivity contribution is 8.01. The van der Waals surface area contributed by atoms with Crippen molar-refractivity contribution in [2.24, 2.45) is 0 Å². The number of aromatic nitrogens is 1. The number of benzene rings is 1. The molecule has 138 valence electrons. The van der Waals surface area contributed by atoms with Crippen molar-refractivity contribution in [2.75, 3.05) is 26.0 Å². The van der Waals surface area contributed by atoms with E-state index in [0.717, 1.165) is 48.9 Å². The maximum atomic E-state index is 6.14. The molecule has 5 heteroatoms. The zero-order valence-electron chi connectivity index (χ0n) is 15.5. The largest absolute Gasteiger partial charge is 0.497 e. The van der Waals surface area contributed by atoms with E-state index in [-0.39, 0.29) is 0 Å². The van der Waals surface area contributed by atoms with Crippen molar-refractivity contribution in [1.29, 1.82) is 0 Å². The number of aryl methyl sites for hydroxylation is 1. The van der Waals surface area contributed by atoms with Gasteiger partial charge < -0.3 is 9.47 Å². The second kappa shape index (κ2) is 7.59. The number of hydrogen-bond donors (Lipinski definition) is 0. The van der Waals surface area contributed by atoms with Crippen LogP contribution in [0, 0.1) is 6.92 Å². The van der Waals surface area contributed by atoms with Crippen molar-refractivity contribution in [1.82, 2.24) is 9.88 Å². The van der Waals surface area contributed by atoms with Crippen molar-refractivity contribution in [3.05, 3.63) is 59.4 Å². The van der Waals surface area contributed by atoms with Crippen LogP contribution in [0.1, 0.15) is 23.4 Å². The lowest BCUT2D eigenvalue weighted by Gasteiger charge is -2.47. The van der Waals surface area contributed by atoms with Crippen LogP contribution in [0.3, 0.4) is 0 Å². The SMILES string of the molecule is COc1ccc(CN2CC3(C[C@@H](OCc4cccc(C)n4)CS3)C2)cc1. The number of hydrogen-bond acceptors (Lipinski definition) is 5. The van der Waals surface area contributed by atoms with Crippen LogP contribution in [-0.2, 0) is 17.9 Å². The maximum absolute atomic E-state index is 6.14. The summed E-state index contributed by atoms with van der Waals surface area (Å²) in [6, 6.07) is 14.5. The second-order valence-corrected chi connectivity index (χ2v) is 8.88. The van der Waals surface area contributed by atoms with E-state index in [1.807, 2.05) is 31.2 Å². The highest BCUT2D eigenvalue weighted by atomic mass is 32.2. The van der Waals surface area contributed by atoms with E-state index in [1.54, 1.807) is 7.11 Å². The standard InChI is InChI=1S/C21H26N2O2S/c1-16-4-3-5-18(22-16)12-25-20-10-21(26-13-20)14-23(15-21)11-17-6-8-19(24-2)9-7-17/h3-9,20H,10-15H2,1-2H3/t20-/m1/s1. The number of ether oxygens (including phenoxy) is 2. The minimum absolute atomic E-state index is 0.352. The molecule has 0 radical (unpaired) electrons. The molecule has 4 nitrogen and oxygen atoms in total. The Hall–Kier alpha value is -1.56. The van der Waals surface area contributed by atoms with Crippen LogP contribution in [0.4, 0.5) is 0 Å². The van der Waals surface area contributed by atoms with Gasteiger partial charge in [0.05, 0.1) is 25.5 Å². The number of thioether (sulfide) groups is 1. The Kier molecular flexibility index (Phi) is 5.20. The molecule has 1 atom stereocenters. The molecular weight excluding hydrogens is 344 g/mol. The van der Waals surface area contributed by atoms with Crippen molar-refractivity contribution in [2.45, 2.75) is 37.3 Å². The van der Waals surface area contributed by atoms with Crippen molar-refractivity contribution in [3.8, 4) is 5.75 Å². The molecule has 1 aromatic carbocycles. The first-order valence-electron chi connectivity index (χ1n) is 9.18. The van der Waals surface area contributed by atoms with Gasteiger partial charge in [0.1, 0.15) is 5.75 Å². The predicted molar refractivity (Wildman–Crippen MR) is 106 cm³/mol. The fourth-order valence-corrected chi connectivity index (χ4v) is 5.49. The van der Waals surface area contributed by atoms with Gasteiger partial charge in [-0.2, -0.15) is 0 Å². The lowest BCUT2D eigenvalue weighted by atomic mass is 9.92. The average Bonchev–Trinajstić information content (AvgIpc) is 3.05. The van der Waals surface area contributed by atoms with Gasteiger partial charge in [0.25, 0.3) is 0 Å². The smallest absolute Gasteiger partial charge is 0.118 e. The minimum Gasteiger partial charge on any atom is -0.497 e. The maximum Gasteiger partial charge on any atom is 0.118 e. The third-order valence-electron chi connectivity index (χ3n) is 5.18. The predicted octanol–water partition coefficient (Wildman–Crippen LogP) is 3.68. The monoisotopic (exact) mass is 370 g/mol. The van der Waals surface area contributed by atoms with E-state index >= 15 is 0 Å². The van der Waals surface area contributed by atoms with Crippen molar-refractivity contribution >= 4 is 11.8 Å². The molecule has 0 saturated carbocycles. The third kappa shape index (κ3) is 4.05. The summed E-state index contributed by atoms with van der Waals surface area (Å²) in [7, 11) is 1.71. The molecule has 2 aliphatic heterocycles. The van der Waals surface area contributed by atoms with Gasteiger partial charge in [-0.15, -0.1) is 11.8 Å². The first-order chi connectivity index (χ1) is 12.6. The van der Waals surface area contributed by atoms with Crippen LogP contribution in [0.25, 0.3) is 0 Å². The molecule has 0 N–H and O–H groups in total. The summed E-state index contributed by atoms with van der Waals surface area (Å²) in [5, 5.41) is 0. The van der Waals surface area contributed by atoms with Crippen molar-refractivity contribution < 1.29 is 9.47 Å². The average molecular weight is 371 g/mol. The van der Waals surface area contributed by atoms with E-state index in [4.69, 9.17) is 9.47 Å². The zero-order chi connectivity index (χ0) is 18.0. The number of nitrogens with zero attached hydrogens (tertiary/aromatic N) is 2. The second-order valence-electron chi connectivity index (χ2n) is 7.39. The molecule has 2 aromatic rings. The highest BCUT2D eigenvalue weighted by Gasteiger charge is 2.49. The molecule has 0 amide bonds.